The van der Waals surface area contributed by atoms with E-state index < -0.39 is 53.1 Å². The van der Waals surface area contributed by atoms with E-state index in [9.17, 15) is 24.0 Å². The van der Waals surface area contributed by atoms with Crippen molar-refractivity contribution in [3.63, 3.8) is 0 Å². The molecule has 0 radical (unpaired) electrons. The summed E-state index contributed by atoms with van der Waals surface area (Å²) in [7, 11) is 3.20. The number of hydrogen-bond acceptors (Lipinski definition) is 9. The summed E-state index contributed by atoms with van der Waals surface area (Å²) in [6.45, 7) is 22.9. The summed E-state index contributed by atoms with van der Waals surface area (Å²) in [5.41, 5.74) is 8.59. The lowest BCUT2D eigenvalue weighted by Gasteiger charge is -2.37. The van der Waals surface area contributed by atoms with Gasteiger partial charge in [0, 0.05) is 74.9 Å². The fourth-order valence-corrected chi connectivity index (χ4v) is 9.86. The summed E-state index contributed by atoms with van der Waals surface area (Å²) in [6.07, 6.45) is 6.10. The van der Waals surface area contributed by atoms with Crippen LogP contribution in [0.4, 0.5) is 4.39 Å². The van der Waals surface area contributed by atoms with E-state index in [1.165, 1.54) is 28.1 Å². The number of halogens is 1. The minimum absolute atomic E-state index is 0.0652. The van der Waals surface area contributed by atoms with Gasteiger partial charge in [-0.05, 0) is 105 Å². The Labute approximate surface area is 394 Å². The van der Waals surface area contributed by atoms with Crippen LogP contribution in [0.15, 0.2) is 72.4 Å². The van der Waals surface area contributed by atoms with Gasteiger partial charge in [-0.1, -0.05) is 59.1 Å². The van der Waals surface area contributed by atoms with Gasteiger partial charge in [0.25, 0.3) is 5.91 Å². The number of esters is 1. The molecule has 2 saturated heterocycles. The molecule has 67 heavy (non-hydrogen) atoms. The quantitative estimate of drug-likeness (QED) is 0.0886. The second kappa shape index (κ2) is 21.4. The fraction of sp³-hybridized carbons (Fsp3) is 0.500. The number of fused-ring (bicyclic) bond motifs is 6. The largest absolute Gasteiger partial charge is 0.464 e. The lowest BCUT2D eigenvalue weighted by atomic mass is 9.84. The first-order chi connectivity index (χ1) is 31.9. The molecule has 3 aliphatic heterocycles. The second-order valence-electron chi connectivity index (χ2n) is 19.1. The number of aromatic nitrogens is 1. The number of likely N-dealkylation sites (tertiary alicyclic amines) is 1. The number of aliphatic imine (C=N–C) groups is 1. The molecule has 0 aliphatic carbocycles. The maximum absolute atomic E-state index is 16.0. The van der Waals surface area contributed by atoms with Gasteiger partial charge in [0.05, 0.1) is 30.0 Å². The highest BCUT2D eigenvalue weighted by Crippen LogP contribution is 2.40. The third kappa shape index (κ3) is 10.9. The molecule has 4 amide bonds. The Hall–Kier alpha value is -5.93. The molecule has 6 bridgehead atoms. The third-order valence-electron chi connectivity index (χ3n) is 13.3. The lowest BCUT2D eigenvalue weighted by molar-refractivity contribution is -0.155. The first-order valence-corrected chi connectivity index (χ1v) is 23.4. The van der Waals surface area contributed by atoms with E-state index in [-0.39, 0.29) is 50.0 Å². The number of benzene rings is 2. The molecule has 360 valence electrons. The third-order valence-corrected chi connectivity index (χ3v) is 13.3. The number of hydrazine groups is 1. The molecule has 1 aromatic heterocycles. The van der Waals surface area contributed by atoms with Crippen LogP contribution in [0.1, 0.15) is 84.5 Å². The first-order valence-electron chi connectivity index (χ1n) is 23.4. The lowest BCUT2D eigenvalue weighted by Crippen LogP contribution is -2.62. The SMILES string of the molecule is C=CC(=O)N1CC[C@H](C(=O)N(C)[C@H](C(=O)N[C@H]2Cc3cc(F)cc(c3)-c3ccc4c(c3)c(c(/C(C=C)=C(/N=CC)[C@H](C)OC)n4CC)CC(C)(C)COC(=O)[C@@H]3CCCN(N3)C2=O)C(C)C)C1. The number of ether oxygens (including phenoxy) is 2. The van der Waals surface area contributed by atoms with Crippen molar-refractivity contribution in [2.75, 3.05) is 40.4 Å². The number of nitrogens with one attached hydrogen (secondary N) is 2. The minimum atomic E-state index is -1.23. The first kappa shape index (κ1) is 50.5. The zero-order valence-electron chi connectivity index (χ0n) is 40.6. The van der Waals surface area contributed by atoms with E-state index in [0.29, 0.717) is 55.6 Å². The molecule has 2 aromatic carbocycles. The Bertz CT molecular complexity index is 2470. The van der Waals surface area contributed by atoms with Crippen LogP contribution >= 0.6 is 0 Å². The summed E-state index contributed by atoms with van der Waals surface area (Å²) in [4.78, 5) is 77.1. The van der Waals surface area contributed by atoms with Crippen molar-refractivity contribution >= 4 is 52.3 Å². The molecule has 2 fully saturated rings. The highest BCUT2D eigenvalue weighted by atomic mass is 19.1. The number of carbonyl (C=O) groups is 5. The van der Waals surface area contributed by atoms with Crippen molar-refractivity contribution in [1.82, 2.24) is 30.1 Å². The predicted octanol–water partition coefficient (Wildman–Crippen LogP) is 6.66. The van der Waals surface area contributed by atoms with Crippen LogP contribution < -0.4 is 10.7 Å². The van der Waals surface area contributed by atoms with Crippen LogP contribution in [-0.2, 0) is 52.8 Å². The van der Waals surface area contributed by atoms with Gasteiger partial charge >= 0.3 is 5.97 Å². The van der Waals surface area contributed by atoms with E-state index in [1.807, 2.05) is 59.7 Å². The average molecular weight is 922 g/mol. The molecule has 4 heterocycles. The zero-order valence-corrected chi connectivity index (χ0v) is 40.6. The van der Waals surface area contributed by atoms with Gasteiger partial charge in [0.15, 0.2) is 0 Å². The predicted molar refractivity (Wildman–Crippen MR) is 259 cm³/mol. The Morgan fingerprint density at radius 3 is 2.48 bits per heavy atom. The highest BCUT2D eigenvalue weighted by molar-refractivity contribution is 5.96. The minimum Gasteiger partial charge on any atom is -0.464 e. The molecule has 0 spiro atoms. The monoisotopic (exact) mass is 922 g/mol. The van der Waals surface area contributed by atoms with Crippen molar-refractivity contribution in [3.8, 4) is 11.1 Å². The van der Waals surface area contributed by atoms with Crippen LogP contribution in [0, 0.1) is 23.1 Å². The number of allylic oxidation sites excluding steroid dienone is 2. The van der Waals surface area contributed by atoms with Crippen molar-refractivity contribution in [3.05, 3.63) is 90.0 Å². The van der Waals surface area contributed by atoms with Crippen molar-refractivity contribution in [2.45, 2.75) is 111 Å². The Morgan fingerprint density at radius 1 is 1.07 bits per heavy atom. The fourth-order valence-electron chi connectivity index (χ4n) is 9.86. The Balaban J connectivity index is 1.47. The van der Waals surface area contributed by atoms with Gasteiger partial charge in [-0.2, -0.15) is 0 Å². The maximum Gasteiger partial charge on any atom is 0.324 e. The zero-order chi connectivity index (χ0) is 48.9. The highest BCUT2D eigenvalue weighted by Gasteiger charge is 2.40. The molecule has 6 rings (SSSR count). The standard InChI is InChI=1S/C52H68FN7O7/c1-12-38(45(54-14-3)32(7)66-11)47-40-28-52(8,9)30-67-51(65)41-17-16-21-60(56-41)50(64)42(25-33-23-36(26-37(53)24-33)34-18-19-43(39(40)27-34)59(47)15-4)55-48(62)46(31(5)6)57(10)49(63)35-20-22-58(29-35)44(61)13-2/h12-14,18-19,23-24,26-27,31-32,35,41-42,46,56H,1-2,15-17,20-22,25,28-30H2,3-11H3,(H,55,62)/b45-38+,54-14?/t32-,35-,41-,42-,46-/m0/s1. The molecule has 5 atom stereocenters. The number of carbonyl (C=O) groups excluding carboxylic acids is 5. The van der Waals surface area contributed by atoms with Crippen LogP contribution in [0.25, 0.3) is 27.6 Å². The van der Waals surface area contributed by atoms with Gasteiger partial charge in [-0.15, -0.1) is 0 Å². The summed E-state index contributed by atoms with van der Waals surface area (Å²) < 4.78 is 30.1. The number of likely N-dealkylation sites (N-methyl/N-ethyl adjacent to an activating group) is 1. The summed E-state index contributed by atoms with van der Waals surface area (Å²) in [5, 5.41) is 5.22. The van der Waals surface area contributed by atoms with Crippen molar-refractivity contribution in [2.24, 2.45) is 22.2 Å². The summed E-state index contributed by atoms with van der Waals surface area (Å²) >= 11 is 0. The summed E-state index contributed by atoms with van der Waals surface area (Å²) in [5.74, 6) is -3.56. The molecule has 0 saturated carbocycles. The average Bonchev–Trinajstić information content (AvgIpc) is 3.92. The molecule has 2 N–H and O–H groups in total. The maximum atomic E-state index is 16.0. The molecule has 14 nitrogen and oxygen atoms in total. The van der Waals surface area contributed by atoms with Gasteiger partial charge in [-0.25, -0.2) is 9.82 Å². The van der Waals surface area contributed by atoms with E-state index in [1.54, 1.807) is 31.3 Å². The molecule has 15 heteroatoms. The second-order valence-corrected chi connectivity index (χ2v) is 19.1. The van der Waals surface area contributed by atoms with Gasteiger partial charge in [0.2, 0.25) is 17.7 Å². The molecule has 3 aliphatic rings. The number of methoxy groups -OCH3 is 1. The number of aryl methyl sites for hydroxylation is 1. The van der Waals surface area contributed by atoms with E-state index in [0.717, 1.165) is 33.3 Å². The summed E-state index contributed by atoms with van der Waals surface area (Å²) in [6, 6.07) is 7.61. The molecule has 3 aromatic rings. The number of cyclic esters (lactones) is 1. The Kier molecular flexibility index (Phi) is 16.1. The van der Waals surface area contributed by atoms with Gasteiger partial charge in [0.1, 0.15) is 23.9 Å². The van der Waals surface area contributed by atoms with Crippen LogP contribution in [0.3, 0.4) is 0 Å². The number of amides is 4. The smallest absolute Gasteiger partial charge is 0.324 e. The van der Waals surface area contributed by atoms with Gasteiger partial charge < -0.3 is 29.2 Å². The number of rotatable bonds is 12. The van der Waals surface area contributed by atoms with E-state index in [4.69, 9.17) is 14.5 Å². The topological polar surface area (TPSA) is 155 Å². The van der Waals surface area contributed by atoms with E-state index >= 15 is 4.39 Å². The van der Waals surface area contributed by atoms with Crippen molar-refractivity contribution in [1.29, 1.82) is 0 Å². The van der Waals surface area contributed by atoms with Crippen molar-refractivity contribution < 1.29 is 37.8 Å². The normalized spacial score (nSPS) is 21.4. The van der Waals surface area contributed by atoms with Crippen LogP contribution in [-0.4, -0.2) is 120 Å². The van der Waals surface area contributed by atoms with Crippen LogP contribution in [0.5, 0.6) is 0 Å². The molecule has 0 unspecified atom stereocenters. The Morgan fingerprint density at radius 2 is 1.82 bits per heavy atom. The van der Waals surface area contributed by atoms with Gasteiger partial charge in [-0.3, -0.25) is 34.0 Å². The number of hydrogen-bond donors (Lipinski definition) is 2. The van der Waals surface area contributed by atoms with Crippen LogP contribution in [0.2, 0.25) is 0 Å². The molecular weight excluding hydrogens is 854 g/mol. The number of nitrogens with zero attached hydrogens (tertiary/aromatic N) is 5. The molecular formula is C52H68FN7O7. The van der Waals surface area contributed by atoms with E-state index in [2.05, 4.69) is 41.5 Å².